The van der Waals surface area contributed by atoms with Gasteiger partial charge in [0.25, 0.3) is 0 Å². The number of fused-ring (bicyclic) bond motifs is 5. The minimum atomic E-state index is -0.286. The summed E-state index contributed by atoms with van der Waals surface area (Å²) in [6.07, 6.45) is 5.25. The van der Waals surface area contributed by atoms with Gasteiger partial charge in [-0.2, -0.15) is 0 Å². The molecule has 0 amide bonds. The second kappa shape index (κ2) is 4.49. The molecule has 3 fully saturated rings. The van der Waals surface area contributed by atoms with Gasteiger partial charge in [-0.3, -0.25) is 0 Å². The summed E-state index contributed by atoms with van der Waals surface area (Å²) in [7, 11) is -0.154. The molecule has 0 N–H and O–H groups in total. The third-order valence-electron chi connectivity index (χ3n) is 6.98. The van der Waals surface area contributed by atoms with Crippen LogP contribution in [0.25, 0.3) is 0 Å². The summed E-state index contributed by atoms with van der Waals surface area (Å²) in [6, 6.07) is 10.7. The van der Waals surface area contributed by atoms with E-state index in [4.69, 9.17) is 9.31 Å². The largest absolute Gasteiger partial charge is 0.461 e. The lowest BCUT2D eigenvalue weighted by Crippen LogP contribution is -2.45. The molecule has 4 rings (SSSR count). The van der Waals surface area contributed by atoms with Crippen molar-refractivity contribution in [2.75, 3.05) is 0 Å². The number of benzene rings is 1. The van der Waals surface area contributed by atoms with Crippen LogP contribution in [0.2, 0.25) is 6.32 Å². The first-order valence-corrected chi connectivity index (χ1v) is 8.46. The second-order valence-electron chi connectivity index (χ2n) is 7.98. The topological polar surface area (TPSA) is 18.5 Å². The highest BCUT2D eigenvalue weighted by molar-refractivity contribution is 6.46. The van der Waals surface area contributed by atoms with Gasteiger partial charge in [-0.25, -0.2) is 0 Å². The minimum absolute atomic E-state index is 0.140. The van der Waals surface area contributed by atoms with Crippen LogP contribution in [0.1, 0.15) is 39.2 Å². The lowest BCUT2D eigenvalue weighted by atomic mass is 9.69. The summed E-state index contributed by atoms with van der Waals surface area (Å²) < 4.78 is 13.1. The maximum Gasteiger partial charge on any atom is 0.461 e. The Morgan fingerprint density at radius 2 is 2.00 bits per heavy atom. The number of hydrogen-bond donors (Lipinski definition) is 0. The summed E-state index contributed by atoms with van der Waals surface area (Å²) in [6.45, 7) is 11.1. The van der Waals surface area contributed by atoms with Gasteiger partial charge in [-0.1, -0.05) is 57.2 Å². The van der Waals surface area contributed by atoms with Crippen LogP contribution in [0.3, 0.4) is 0 Å². The summed E-state index contributed by atoms with van der Waals surface area (Å²) in [5.41, 5.74) is 1.40. The Bertz CT molecular complexity index is 599. The molecule has 1 aromatic rings. The molecule has 4 atom stereocenters. The SMILES string of the molecule is C=CCB1O[C@@H]2[C@](c3ccccc3)(O1)[C@H]1CC[C@]2(C)C1(C)C. The number of rotatable bonds is 3. The predicted octanol–water partition coefficient (Wildman–Crippen LogP) is 4.43. The van der Waals surface area contributed by atoms with Crippen molar-refractivity contribution in [2.24, 2.45) is 16.7 Å². The van der Waals surface area contributed by atoms with Crippen LogP contribution >= 0.6 is 0 Å². The van der Waals surface area contributed by atoms with E-state index < -0.39 is 0 Å². The van der Waals surface area contributed by atoms with Crippen LogP contribution < -0.4 is 0 Å². The second-order valence-corrected chi connectivity index (χ2v) is 7.98. The van der Waals surface area contributed by atoms with E-state index in [1.807, 2.05) is 6.08 Å². The molecule has 3 heteroatoms. The van der Waals surface area contributed by atoms with Crippen LogP contribution in [0.4, 0.5) is 0 Å². The lowest BCUT2D eigenvalue weighted by molar-refractivity contribution is -0.0369. The summed E-state index contributed by atoms with van der Waals surface area (Å²) in [5.74, 6) is 0.507. The molecule has 2 aliphatic carbocycles. The van der Waals surface area contributed by atoms with Gasteiger partial charge in [-0.15, -0.1) is 6.58 Å². The molecule has 0 spiro atoms. The zero-order valence-corrected chi connectivity index (χ0v) is 13.8. The molecule has 2 saturated carbocycles. The van der Waals surface area contributed by atoms with Gasteiger partial charge >= 0.3 is 7.12 Å². The Kier molecular flexibility index (Phi) is 2.96. The van der Waals surface area contributed by atoms with E-state index in [1.165, 1.54) is 18.4 Å². The fourth-order valence-electron chi connectivity index (χ4n) is 5.55. The van der Waals surface area contributed by atoms with Crippen molar-refractivity contribution in [3.05, 3.63) is 48.6 Å². The van der Waals surface area contributed by atoms with E-state index in [0.29, 0.717) is 5.92 Å². The van der Waals surface area contributed by atoms with Crippen molar-refractivity contribution in [3.63, 3.8) is 0 Å². The Labute approximate surface area is 134 Å². The Balaban J connectivity index is 1.87. The summed E-state index contributed by atoms with van der Waals surface area (Å²) >= 11 is 0. The molecular formula is C19H25BO2. The molecule has 1 heterocycles. The van der Waals surface area contributed by atoms with Gasteiger partial charge in [0.05, 0.1) is 6.10 Å². The fourth-order valence-corrected chi connectivity index (χ4v) is 5.55. The van der Waals surface area contributed by atoms with Crippen LogP contribution in [-0.2, 0) is 14.9 Å². The zero-order valence-electron chi connectivity index (χ0n) is 13.8. The molecule has 1 aromatic carbocycles. The quantitative estimate of drug-likeness (QED) is 0.607. The predicted molar refractivity (Wildman–Crippen MR) is 89.4 cm³/mol. The molecule has 22 heavy (non-hydrogen) atoms. The van der Waals surface area contributed by atoms with E-state index in [2.05, 4.69) is 57.7 Å². The number of hydrogen-bond acceptors (Lipinski definition) is 2. The van der Waals surface area contributed by atoms with Gasteiger partial charge < -0.3 is 9.31 Å². The molecule has 2 bridgehead atoms. The molecule has 116 valence electrons. The molecule has 0 unspecified atom stereocenters. The first-order chi connectivity index (χ1) is 10.5. The van der Waals surface area contributed by atoms with Crippen molar-refractivity contribution < 1.29 is 9.31 Å². The standard InChI is InChI=1S/C19H25BO2/c1-5-13-20-21-16-18(4)12-11-15(17(18,2)3)19(16,22-20)14-9-7-6-8-10-14/h5-10,15-16H,1,11-13H2,2-4H3/t15-,16-,18-,19+/m0/s1. The fraction of sp³-hybridized carbons (Fsp3) is 0.579. The highest BCUT2D eigenvalue weighted by atomic mass is 16.7. The van der Waals surface area contributed by atoms with Crippen LogP contribution in [0.15, 0.2) is 43.0 Å². The first-order valence-electron chi connectivity index (χ1n) is 8.46. The third kappa shape index (κ3) is 1.49. The molecule has 1 aliphatic heterocycles. The van der Waals surface area contributed by atoms with E-state index in [-0.39, 0.29) is 29.7 Å². The van der Waals surface area contributed by atoms with E-state index in [9.17, 15) is 0 Å². The van der Waals surface area contributed by atoms with Gasteiger partial charge in [0.2, 0.25) is 0 Å². The Hall–Kier alpha value is -1.06. The molecule has 1 saturated heterocycles. The highest BCUT2D eigenvalue weighted by Gasteiger charge is 2.77. The average molecular weight is 296 g/mol. The maximum atomic E-state index is 6.64. The molecule has 3 aliphatic rings. The van der Waals surface area contributed by atoms with Crippen molar-refractivity contribution in [1.82, 2.24) is 0 Å². The van der Waals surface area contributed by atoms with E-state index >= 15 is 0 Å². The average Bonchev–Trinajstić information content (AvgIpc) is 3.03. The first kappa shape index (κ1) is 14.5. The van der Waals surface area contributed by atoms with Crippen molar-refractivity contribution >= 4 is 7.12 Å². The Morgan fingerprint density at radius 1 is 1.27 bits per heavy atom. The summed E-state index contributed by atoms with van der Waals surface area (Å²) in [5, 5.41) is 0. The number of allylic oxidation sites excluding steroid dienone is 1. The van der Waals surface area contributed by atoms with Crippen molar-refractivity contribution in [2.45, 2.75) is 51.6 Å². The highest BCUT2D eigenvalue weighted by Crippen LogP contribution is 2.75. The van der Waals surface area contributed by atoms with Gasteiger partial charge in [-0.05, 0) is 29.7 Å². The smallest absolute Gasteiger partial charge is 0.404 e. The van der Waals surface area contributed by atoms with E-state index in [0.717, 1.165) is 6.32 Å². The van der Waals surface area contributed by atoms with Crippen molar-refractivity contribution in [3.8, 4) is 0 Å². The monoisotopic (exact) mass is 296 g/mol. The lowest BCUT2D eigenvalue weighted by Gasteiger charge is -2.41. The Morgan fingerprint density at radius 3 is 2.68 bits per heavy atom. The van der Waals surface area contributed by atoms with Crippen LogP contribution in [0.5, 0.6) is 0 Å². The molecular weight excluding hydrogens is 271 g/mol. The van der Waals surface area contributed by atoms with Gasteiger partial charge in [0, 0.05) is 11.7 Å². The summed E-state index contributed by atoms with van der Waals surface area (Å²) in [4.78, 5) is 0. The van der Waals surface area contributed by atoms with Crippen molar-refractivity contribution in [1.29, 1.82) is 0 Å². The zero-order chi connectivity index (χ0) is 15.6. The minimum Gasteiger partial charge on any atom is -0.404 e. The molecule has 2 nitrogen and oxygen atoms in total. The maximum absolute atomic E-state index is 6.64. The van der Waals surface area contributed by atoms with Gasteiger partial charge in [0.1, 0.15) is 5.60 Å². The van der Waals surface area contributed by atoms with Gasteiger partial charge in [0.15, 0.2) is 0 Å². The van der Waals surface area contributed by atoms with E-state index in [1.54, 1.807) is 0 Å². The van der Waals surface area contributed by atoms with Crippen LogP contribution in [-0.4, -0.2) is 13.2 Å². The third-order valence-corrected chi connectivity index (χ3v) is 6.98. The molecule has 0 radical (unpaired) electrons. The normalized spacial score (nSPS) is 41.7. The molecule has 0 aromatic heterocycles. The van der Waals surface area contributed by atoms with Crippen LogP contribution in [0, 0.1) is 16.7 Å².